The third-order valence-electron chi connectivity index (χ3n) is 10.4. The average Bonchev–Trinajstić information content (AvgIpc) is 3.65. The second-order valence-electron chi connectivity index (χ2n) is 13.6. The summed E-state index contributed by atoms with van der Waals surface area (Å²) in [6, 6.07) is 48.9. The van der Waals surface area contributed by atoms with Crippen LogP contribution in [0.5, 0.6) is 0 Å². The van der Waals surface area contributed by atoms with Crippen LogP contribution in [-0.2, 0) is 10.8 Å². The summed E-state index contributed by atoms with van der Waals surface area (Å²) in [7, 11) is 0. The zero-order valence-corrected chi connectivity index (χ0v) is 26.1. The Morgan fingerprint density at radius 3 is 1.84 bits per heavy atom. The fourth-order valence-electron chi connectivity index (χ4n) is 8.11. The Kier molecular flexibility index (Phi) is 5.33. The molecule has 2 nitrogen and oxygen atoms in total. The number of fused-ring (bicyclic) bond motifs is 7. The van der Waals surface area contributed by atoms with Crippen molar-refractivity contribution in [2.45, 2.75) is 38.5 Å². The van der Waals surface area contributed by atoms with Crippen LogP contribution in [-0.4, -0.2) is 9.55 Å². The van der Waals surface area contributed by atoms with Crippen LogP contribution in [0.1, 0.15) is 49.9 Å². The van der Waals surface area contributed by atoms with Crippen LogP contribution in [0.15, 0.2) is 133 Å². The van der Waals surface area contributed by atoms with Gasteiger partial charge in [-0.3, -0.25) is 4.57 Å². The number of hydrogen-bond acceptors (Lipinski definition) is 1. The molecule has 45 heavy (non-hydrogen) atoms. The highest BCUT2D eigenvalue weighted by Crippen LogP contribution is 2.52. The molecule has 0 amide bonds. The summed E-state index contributed by atoms with van der Waals surface area (Å²) in [5.41, 5.74) is 17.7. The fraction of sp³-hybridized carbons (Fsp3) is 0.140. The van der Waals surface area contributed by atoms with Crippen molar-refractivity contribution >= 4 is 11.0 Å². The fourth-order valence-corrected chi connectivity index (χ4v) is 8.11. The third kappa shape index (κ3) is 3.60. The lowest BCUT2D eigenvalue weighted by atomic mass is 9.82. The summed E-state index contributed by atoms with van der Waals surface area (Å²) in [5, 5.41) is 0. The predicted octanol–water partition coefficient (Wildman–Crippen LogP) is 11.0. The van der Waals surface area contributed by atoms with E-state index in [0.717, 1.165) is 28.1 Å². The van der Waals surface area contributed by atoms with E-state index in [2.05, 4.69) is 166 Å². The van der Waals surface area contributed by atoms with Crippen LogP contribution in [0.2, 0.25) is 0 Å². The first kappa shape index (κ1) is 26.2. The van der Waals surface area contributed by atoms with Gasteiger partial charge in [-0.15, -0.1) is 0 Å². The summed E-state index contributed by atoms with van der Waals surface area (Å²) >= 11 is 0. The maximum Gasteiger partial charge on any atom is 0.145 e. The molecule has 9 rings (SSSR count). The van der Waals surface area contributed by atoms with Crippen molar-refractivity contribution in [3.05, 3.63) is 156 Å². The molecule has 0 spiro atoms. The standard InChI is InChI=1S/C43H34N2/c1-42(2)35-16-8-6-13-33(35)40-30(14-11-17-36(40)42)27-20-23-29(24-21-27)45-39-19-10-9-18-38(39)44-41(45)28-22-25-32-31-12-5-7-15-34(31)43(3,4)37(32)26-28/h5-26H,1-4H3. The number of nitrogens with zero attached hydrogens (tertiary/aromatic N) is 2. The van der Waals surface area contributed by atoms with Gasteiger partial charge in [0.25, 0.3) is 0 Å². The average molecular weight is 579 g/mol. The SMILES string of the molecule is CC1(C)c2ccccc2-c2ccc(-c3nc4ccccc4n3-c3ccc(-c4cccc5c4-c4ccccc4C5(C)C)cc3)cc21. The van der Waals surface area contributed by atoms with Gasteiger partial charge in [0.1, 0.15) is 5.82 Å². The molecule has 6 aromatic carbocycles. The maximum absolute atomic E-state index is 5.21. The van der Waals surface area contributed by atoms with Gasteiger partial charge in [0.15, 0.2) is 0 Å². The quantitative estimate of drug-likeness (QED) is 0.204. The molecule has 0 aliphatic heterocycles. The number of benzene rings is 6. The van der Waals surface area contributed by atoms with Crippen LogP contribution in [0.3, 0.4) is 0 Å². The van der Waals surface area contributed by atoms with Crippen molar-refractivity contribution in [2.75, 3.05) is 0 Å². The highest BCUT2D eigenvalue weighted by atomic mass is 15.1. The molecule has 216 valence electrons. The van der Waals surface area contributed by atoms with Gasteiger partial charge in [-0.25, -0.2) is 4.98 Å². The molecule has 2 aliphatic rings. The van der Waals surface area contributed by atoms with Crippen molar-refractivity contribution in [1.29, 1.82) is 0 Å². The highest BCUT2D eigenvalue weighted by Gasteiger charge is 2.37. The summed E-state index contributed by atoms with van der Waals surface area (Å²) < 4.78 is 2.32. The second kappa shape index (κ2) is 9.15. The lowest BCUT2D eigenvalue weighted by Gasteiger charge is -2.22. The van der Waals surface area contributed by atoms with E-state index in [4.69, 9.17) is 4.98 Å². The third-order valence-corrected chi connectivity index (χ3v) is 10.4. The topological polar surface area (TPSA) is 17.8 Å². The van der Waals surface area contributed by atoms with E-state index in [-0.39, 0.29) is 10.8 Å². The largest absolute Gasteiger partial charge is 0.292 e. The Labute approximate surface area is 264 Å². The molecular weight excluding hydrogens is 544 g/mol. The number of imidazole rings is 1. The number of aromatic nitrogens is 2. The molecule has 7 aromatic rings. The Morgan fingerprint density at radius 1 is 0.467 bits per heavy atom. The lowest BCUT2D eigenvalue weighted by molar-refractivity contribution is 0.660. The molecule has 0 atom stereocenters. The molecule has 0 N–H and O–H groups in total. The second-order valence-corrected chi connectivity index (χ2v) is 13.6. The van der Waals surface area contributed by atoms with Gasteiger partial charge in [0.2, 0.25) is 0 Å². The van der Waals surface area contributed by atoms with Gasteiger partial charge in [0.05, 0.1) is 11.0 Å². The van der Waals surface area contributed by atoms with E-state index in [1.165, 1.54) is 55.6 Å². The van der Waals surface area contributed by atoms with Gasteiger partial charge in [0, 0.05) is 22.1 Å². The molecule has 2 aliphatic carbocycles. The Hall–Kier alpha value is -5.21. The molecule has 0 radical (unpaired) electrons. The van der Waals surface area contributed by atoms with Crippen molar-refractivity contribution in [2.24, 2.45) is 0 Å². The minimum atomic E-state index is -0.0659. The highest BCUT2D eigenvalue weighted by molar-refractivity contribution is 5.93. The van der Waals surface area contributed by atoms with Crippen molar-refractivity contribution in [1.82, 2.24) is 9.55 Å². The molecule has 1 heterocycles. The molecule has 1 aromatic heterocycles. The molecule has 0 saturated heterocycles. The molecule has 0 bridgehead atoms. The van der Waals surface area contributed by atoms with Crippen LogP contribution in [0.25, 0.3) is 61.5 Å². The van der Waals surface area contributed by atoms with E-state index in [9.17, 15) is 0 Å². The monoisotopic (exact) mass is 578 g/mol. The first-order valence-corrected chi connectivity index (χ1v) is 15.9. The predicted molar refractivity (Wildman–Crippen MR) is 187 cm³/mol. The summed E-state index contributed by atoms with van der Waals surface area (Å²) in [4.78, 5) is 5.21. The van der Waals surface area contributed by atoms with E-state index >= 15 is 0 Å². The van der Waals surface area contributed by atoms with E-state index < -0.39 is 0 Å². The van der Waals surface area contributed by atoms with Crippen LogP contribution in [0, 0.1) is 0 Å². The van der Waals surface area contributed by atoms with Gasteiger partial charge < -0.3 is 0 Å². The van der Waals surface area contributed by atoms with Crippen LogP contribution in [0.4, 0.5) is 0 Å². The van der Waals surface area contributed by atoms with E-state index in [1.807, 2.05) is 0 Å². The Bertz CT molecular complexity index is 2310. The molecular formula is C43H34N2. The molecule has 0 fully saturated rings. The lowest BCUT2D eigenvalue weighted by Crippen LogP contribution is -2.15. The van der Waals surface area contributed by atoms with Gasteiger partial charge in [-0.2, -0.15) is 0 Å². The maximum atomic E-state index is 5.21. The van der Waals surface area contributed by atoms with Gasteiger partial charge >= 0.3 is 0 Å². The zero-order valence-electron chi connectivity index (χ0n) is 26.1. The molecule has 0 unspecified atom stereocenters. The Balaban J connectivity index is 1.18. The molecule has 2 heteroatoms. The first-order valence-electron chi connectivity index (χ1n) is 15.9. The normalized spacial score (nSPS) is 15.0. The number of hydrogen-bond donors (Lipinski definition) is 0. The minimum absolute atomic E-state index is 0.0156. The van der Waals surface area contributed by atoms with Crippen LogP contribution < -0.4 is 0 Å². The van der Waals surface area contributed by atoms with E-state index in [0.29, 0.717) is 0 Å². The van der Waals surface area contributed by atoms with E-state index in [1.54, 1.807) is 0 Å². The van der Waals surface area contributed by atoms with Crippen LogP contribution >= 0.6 is 0 Å². The number of rotatable bonds is 3. The summed E-state index contributed by atoms with van der Waals surface area (Å²) in [6.07, 6.45) is 0. The number of para-hydroxylation sites is 2. The van der Waals surface area contributed by atoms with Gasteiger partial charge in [-0.05, 0) is 86.0 Å². The first-order chi connectivity index (χ1) is 21.8. The summed E-state index contributed by atoms with van der Waals surface area (Å²) in [6.45, 7) is 9.36. The van der Waals surface area contributed by atoms with Crippen molar-refractivity contribution in [3.8, 4) is 50.5 Å². The molecule has 0 saturated carbocycles. The summed E-state index contributed by atoms with van der Waals surface area (Å²) in [5.74, 6) is 0.967. The smallest absolute Gasteiger partial charge is 0.145 e. The zero-order chi connectivity index (χ0) is 30.5. The van der Waals surface area contributed by atoms with Gasteiger partial charge in [-0.1, -0.05) is 131 Å². The van der Waals surface area contributed by atoms with Crippen molar-refractivity contribution in [3.63, 3.8) is 0 Å². The van der Waals surface area contributed by atoms with Crippen molar-refractivity contribution < 1.29 is 0 Å². The minimum Gasteiger partial charge on any atom is -0.292 e. The Morgan fingerprint density at radius 2 is 1.04 bits per heavy atom.